The molecule has 0 aromatic rings. The minimum Gasteiger partial charge on any atom is -0.293 e. The first-order valence-electron chi connectivity index (χ1n) is 4.77. The highest BCUT2D eigenvalue weighted by Gasteiger charge is 2.19. The standard InChI is InChI=1S/C10H15NO2/c1-2-3-4-5-8-6-7-9(12)11-10(8)13/h5H,2-4,6-7H2,1H3,(H,11,12,13)/b8-5-. The van der Waals surface area contributed by atoms with Gasteiger partial charge in [0.2, 0.25) is 5.91 Å². The van der Waals surface area contributed by atoms with E-state index in [0.717, 1.165) is 24.8 Å². The number of imide groups is 1. The molecule has 1 rings (SSSR count). The van der Waals surface area contributed by atoms with E-state index in [2.05, 4.69) is 12.2 Å². The van der Waals surface area contributed by atoms with Crippen LogP contribution in [-0.4, -0.2) is 11.8 Å². The second-order valence-electron chi connectivity index (χ2n) is 3.25. The Kier molecular flexibility index (Phi) is 3.68. The molecular formula is C10H15NO2. The molecule has 1 N–H and O–H groups in total. The molecule has 0 atom stereocenters. The third kappa shape index (κ3) is 3.01. The quantitative estimate of drug-likeness (QED) is 0.408. The number of allylic oxidation sites excluding steroid dienone is 1. The Morgan fingerprint density at radius 2 is 2.15 bits per heavy atom. The van der Waals surface area contributed by atoms with Gasteiger partial charge in [-0.1, -0.05) is 25.8 Å². The van der Waals surface area contributed by atoms with E-state index in [4.69, 9.17) is 0 Å². The minimum atomic E-state index is -0.202. The Hall–Kier alpha value is -1.12. The second-order valence-corrected chi connectivity index (χ2v) is 3.25. The molecule has 3 heteroatoms. The van der Waals surface area contributed by atoms with Crippen molar-refractivity contribution < 1.29 is 9.59 Å². The van der Waals surface area contributed by atoms with E-state index >= 15 is 0 Å². The fourth-order valence-corrected chi connectivity index (χ4v) is 1.31. The highest BCUT2D eigenvalue weighted by atomic mass is 16.2. The molecule has 1 aliphatic heterocycles. The van der Waals surface area contributed by atoms with Gasteiger partial charge in [0.25, 0.3) is 5.91 Å². The Morgan fingerprint density at radius 3 is 2.77 bits per heavy atom. The first-order valence-corrected chi connectivity index (χ1v) is 4.77. The van der Waals surface area contributed by atoms with Crippen molar-refractivity contribution in [3.8, 4) is 0 Å². The number of piperidine rings is 1. The van der Waals surface area contributed by atoms with Gasteiger partial charge in [-0.25, -0.2) is 0 Å². The summed E-state index contributed by atoms with van der Waals surface area (Å²) in [5, 5.41) is 2.31. The van der Waals surface area contributed by atoms with Crippen LogP contribution in [0, 0.1) is 0 Å². The first kappa shape index (κ1) is 9.96. The van der Waals surface area contributed by atoms with Gasteiger partial charge in [0.05, 0.1) is 0 Å². The summed E-state index contributed by atoms with van der Waals surface area (Å²) in [4.78, 5) is 22.0. The van der Waals surface area contributed by atoms with Gasteiger partial charge in [0.15, 0.2) is 0 Å². The Bertz CT molecular complexity index is 243. The predicted molar refractivity (Wildman–Crippen MR) is 50.0 cm³/mol. The van der Waals surface area contributed by atoms with Crippen LogP contribution in [0.15, 0.2) is 11.6 Å². The molecule has 1 aliphatic rings. The van der Waals surface area contributed by atoms with Crippen molar-refractivity contribution in [1.29, 1.82) is 0 Å². The molecule has 0 aromatic heterocycles. The van der Waals surface area contributed by atoms with Gasteiger partial charge in [0, 0.05) is 12.0 Å². The highest BCUT2D eigenvalue weighted by Crippen LogP contribution is 2.12. The van der Waals surface area contributed by atoms with Gasteiger partial charge in [0.1, 0.15) is 0 Å². The zero-order chi connectivity index (χ0) is 9.68. The third-order valence-corrected chi connectivity index (χ3v) is 2.11. The molecule has 0 radical (unpaired) electrons. The first-order chi connectivity index (χ1) is 6.24. The van der Waals surface area contributed by atoms with Crippen molar-refractivity contribution in [3.63, 3.8) is 0 Å². The van der Waals surface area contributed by atoms with Crippen LogP contribution < -0.4 is 5.32 Å². The van der Waals surface area contributed by atoms with Crippen LogP contribution in [0.25, 0.3) is 0 Å². The van der Waals surface area contributed by atoms with Crippen molar-refractivity contribution in [2.75, 3.05) is 0 Å². The smallest absolute Gasteiger partial charge is 0.253 e. The number of nitrogens with one attached hydrogen (secondary N) is 1. The van der Waals surface area contributed by atoms with Crippen molar-refractivity contribution >= 4 is 11.8 Å². The van der Waals surface area contributed by atoms with E-state index in [0.29, 0.717) is 12.8 Å². The molecule has 3 nitrogen and oxygen atoms in total. The molecule has 2 amide bonds. The number of hydrogen-bond donors (Lipinski definition) is 1. The zero-order valence-electron chi connectivity index (χ0n) is 7.93. The van der Waals surface area contributed by atoms with Gasteiger partial charge in [-0.2, -0.15) is 0 Å². The van der Waals surface area contributed by atoms with Crippen LogP contribution in [0.1, 0.15) is 39.0 Å². The topological polar surface area (TPSA) is 46.2 Å². The summed E-state index contributed by atoms with van der Waals surface area (Å²) in [5.41, 5.74) is 0.771. The summed E-state index contributed by atoms with van der Waals surface area (Å²) >= 11 is 0. The average Bonchev–Trinajstić information content (AvgIpc) is 2.09. The van der Waals surface area contributed by atoms with Gasteiger partial charge < -0.3 is 0 Å². The van der Waals surface area contributed by atoms with Crippen molar-refractivity contribution in [2.24, 2.45) is 0 Å². The molecule has 0 unspecified atom stereocenters. The molecule has 1 heterocycles. The van der Waals surface area contributed by atoms with Crippen LogP contribution in [0.4, 0.5) is 0 Å². The SMILES string of the molecule is CCCC/C=C1/CCC(=O)NC1=O. The molecule has 0 saturated carbocycles. The van der Waals surface area contributed by atoms with E-state index in [1.807, 2.05) is 6.08 Å². The Morgan fingerprint density at radius 1 is 1.38 bits per heavy atom. The van der Waals surface area contributed by atoms with Gasteiger partial charge in [-0.05, 0) is 12.8 Å². The monoisotopic (exact) mass is 181 g/mol. The number of unbranched alkanes of at least 4 members (excludes halogenated alkanes) is 2. The Labute approximate surface area is 78.2 Å². The van der Waals surface area contributed by atoms with E-state index in [1.54, 1.807) is 0 Å². The summed E-state index contributed by atoms with van der Waals surface area (Å²) in [5.74, 6) is -0.356. The molecule has 0 spiro atoms. The molecule has 1 fully saturated rings. The highest BCUT2D eigenvalue weighted by molar-refractivity contribution is 6.07. The Balaban J connectivity index is 2.45. The second kappa shape index (κ2) is 4.80. The van der Waals surface area contributed by atoms with E-state index in [1.165, 1.54) is 0 Å². The van der Waals surface area contributed by atoms with Crippen LogP contribution in [0.5, 0.6) is 0 Å². The lowest BCUT2D eigenvalue weighted by Crippen LogP contribution is -2.35. The fourth-order valence-electron chi connectivity index (χ4n) is 1.31. The van der Waals surface area contributed by atoms with E-state index in [-0.39, 0.29) is 11.8 Å². The van der Waals surface area contributed by atoms with Gasteiger partial charge >= 0.3 is 0 Å². The maximum Gasteiger partial charge on any atom is 0.253 e. The molecule has 1 saturated heterocycles. The summed E-state index contributed by atoms with van der Waals surface area (Å²) in [6, 6.07) is 0. The molecule has 0 aliphatic carbocycles. The predicted octanol–water partition coefficient (Wildman–Crippen LogP) is 1.54. The zero-order valence-corrected chi connectivity index (χ0v) is 7.93. The van der Waals surface area contributed by atoms with Crippen molar-refractivity contribution in [2.45, 2.75) is 39.0 Å². The van der Waals surface area contributed by atoms with Crippen LogP contribution in [0.3, 0.4) is 0 Å². The van der Waals surface area contributed by atoms with E-state index < -0.39 is 0 Å². The number of hydrogen-bond acceptors (Lipinski definition) is 2. The molecule has 72 valence electrons. The van der Waals surface area contributed by atoms with Crippen LogP contribution in [-0.2, 0) is 9.59 Å². The third-order valence-electron chi connectivity index (χ3n) is 2.11. The van der Waals surface area contributed by atoms with Gasteiger partial charge in [-0.15, -0.1) is 0 Å². The molecule has 0 aromatic carbocycles. The number of amides is 2. The lowest BCUT2D eigenvalue weighted by Gasteiger charge is -2.13. The normalized spacial score (nSPS) is 20.5. The lowest BCUT2D eigenvalue weighted by atomic mass is 10.0. The van der Waals surface area contributed by atoms with Crippen LogP contribution in [0.2, 0.25) is 0 Å². The van der Waals surface area contributed by atoms with Gasteiger partial charge in [-0.3, -0.25) is 14.9 Å². The maximum atomic E-state index is 11.2. The summed E-state index contributed by atoms with van der Waals surface area (Å²) < 4.78 is 0. The number of carbonyl (C=O) groups excluding carboxylic acids is 2. The molecule has 0 bridgehead atoms. The average molecular weight is 181 g/mol. The summed E-state index contributed by atoms with van der Waals surface area (Å²) in [6.45, 7) is 2.11. The van der Waals surface area contributed by atoms with Crippen LogP contribution >= 0.6 is 0 Å². The fraction of sp³-hybridized carbons (Fsp3) is 0.600. The number of rotatable bonds is 3. The van der Waals surface area contributed by atoms with E-state index in [9.17, 15) is 9.59 Å². The summed E-state index contributed by atoms with van der Waals surface area (Å²) in [7, 11) is 0. The maximum absolute atomic E-state index is 11.2. The number of carbonyl (C=O) groups is 2. The lowest BCUT2D eigenvalue weighted by molar-refractivity contribution is -0.130. The molecular weight excluding hydrogens is 166 g/mol. The minimum absolute atomic E-state index is 0.155. The largest absolute Gasteiger partial charge is 0.293 e. The van der Waals surface area contributed by atoms with Crippen molar-refractivity contribution in [3.05, 3.63) is 11.6 Å². The van der Waals surface area contributed by atoms with Crippen molar-refractivity contribution in [1.82, 2.24) is 5.32 Å². The summed E-state index contributed by atoms with van der Waals surface area (Å²) in [6.07, 6.45) is 6.17. The molecule has 13 heavy (non-hydrogen) atoms.